The molecule has 3 fully saturated rings. The molecule has 0 radical (unpaired) electrons. The van der Waals surface area contributed by atoms with Crippen LogP contribution < -0.4 is 0 Å². The fraction of sp³-hybridized carbons (Fsp3) is 0.500. The molecule has 1 unspecified atom stereocenters. The van der Waals surface area contributed by atoms with Crippen molar-refractivity contribution in [1.82, 2.24) is 4.90 Å². The van der Waals surface area contributed by atoms with Gasteiger partial charge >= 0.3 is 0 Å². The topological polar surface area (TPSA) is 3.24 Å². The Balaban J connectivity index is 1.85. The van der Waals surface area contributed by atoms with E-state index in [1.807, 2.05) is 0 Å². The average molecular weight is 225 g/mol. The lowest BCUT2D eigenvalue weighted by atomic mass is 9.69. The van der Waals surface area contributed by atoms with Gasteiger partial charge in [-0.1, -0.05) is 30.3 Å². The molecule has 4 rings (SSSR count). The normalized spacial score (nSPS) is 35.5. The summed E-state index contributed by atoms with van der Waals surface area (Å²) in [6, 6.07) is 11.0. The van der Waals surface area contributed by atoms with Crippen LogP contribution >= 0.6 is 0 Å². The Morgan fingerprint density at radius 1 is 1.24 bits per heavy atom. The summed E-state index contributed by atoms with van der Waals surface area (Å²) in [5, 5.41) is 0. The lowest BCUT2D eigenvalue weighted by Gasteiger charge is -2.49. The first-order valence-corrected chi connectivity index (χ1v) is 6.59. The zero-order valence-electron chi connectivity index (χ0n) is 10.2. The number of piperidine rings is 3. The Morgan fingerprint density at radius 3 is 2.76 bits per heavy atom. The van der Waals surface area contributed by atoms with Gasteiger partial charge in [0.2, 0.25) is 0 Å². The Labute approximate surface area is 104 Å². The van der Waals surface area contributed by atoms with Crippen molar-refractivity contribution in [2.45, 2.75) is 18.8 Å². The molecule has 4 atom stereocenters. The minimum atomic E-state index is 0.706. The first-order chi connectivity index (χ1) is 8.38. The van der Waals surface area contributed by atoms with Crippen LogP contribution in [0.3, 0.4) is 0 Å². The summed E-state index contributed by atoms with van der Waals surface area (Å²) in [7, 11) is 0. The molecule has 3 heterocycles. The van der Waals surface area contributed by atoms with Gasteiger partial charge in [-0.25, -0.2) is 0 Å². The zero-order chi connectivity index (χ0) is 11.7. The SMILES string of the molecule is C#CC[C@H]1CN2CC[C@@H]1[C@@H](c1ccccc1)C2. The first-order valence-electron chi connectivity index (χ1n) is 6.59. The predicted octanol–water partition coefficient (Wildman–Crippen LogP) is 2.75. The molecule has 1 heteroatoms. The van der Waals surface area contributed by atoms with Gasteiger partial charge in [0.15, 0.2) is 0 Å². The van der Waals surface area contributed by atoms with Crippen molar-refractivity contribution in [3.8, 4) is 12.3 Å². The van der Waals surface area contributed by atoms with E-state index in [9.17, 15) is 0 Å². The lowest BCUT2D eigenvalue weighted by Crippen LogP contribution is -2.51. The maximum atomic E-state index is 5.51. The van der Waals surface area contributed by atoms with Crippen molar-refractivity contribution >= 4 is 0 Å². The highest BCUT2D eigenvalue weighted by Crippen LogP contribution is 2.43. The molecular formula is C16H19N. The van der Waals surface area contributed by atoms with Gasteiger partial charge in [0, 0.05) is 19.5 Å². The second-order valence-electron chi connectivity index (χ2n) is 5.40. The first kappa shape index (κ1) is 10.9. The molecule has 0 amide bonds. The molecule has 1 aromatic carbocycles. The summed E-state index contributed by atoms with van der Waals surface area (Å²) in [6.45, 7) is 3.73. The number of terminal acetylenes is 1. The van der Waals surface area contributed by atoms with Gasteiger partial charge in [-0.3, -0.25) is 0 Å². The third-order valence-corrected chi connectivity index (χ3v) is 4.46. The maximum absolute atomic E-state index is 5.51. The van der Waals surface area contributed by atoms with Crippen LogP contribution in [0.15, 0.2) is 30.3 Å². The molecule has 17 heavy (non-hydrogen) atoms. The molecule has 3 saturated heterocycles. The van der Waals surface area contributed by atoms with Crippen LogP contribution in [0.2, 0.25) is 0 Å². The Kier molecular flexibility index (Phi) is 2.91. The van der Waals surface area contributed by atoms with Gasteiger partial charge in [0.05, 0.1) is 0 Å². The largest absolute Gasteiger partial charge is 0.302 e. The summed E-state index contributed by atoms with van der Waals surface area (Å²) in [6.07, 6.45) is 7.78. The van der Waals surface area contributed by atoms with E-state index in [0.29, 0.717) is 11.8 Å². The monoisotopic (exact) mass is 225 g/mol. The molecule has 1 aromatic rings. The number of benzene rings is 1. The van der Waals surface area contributed by atoms with Gasteiger partial charge in [-0.15, -0.1) is 12.3 Å². The highest BCUT2D eigenvalue weighted by molar-refractivity contribution is 5.23. The van der Waals surface area contributed by atoms with E-state index < -0.39 is 0 Å². The van der Waals surface area contributed by atoms with Crippen molar-refractivity contribution in [2.75, 3.05) is 19.6 Å². The summed E-state index contributed by atoms with van der Waals surface area (Å²) in [5.41, 5.74) is 1.50. The molecule has 3 aliphatic rings. The number of hydrogen-bond donors (Lipinski definition) is 0. The van der Waals surface area contributed by atoms with Crippen molar-refractivity contribution in [3.05, 3.63) is 35.9 Å². The van der Waals surface area contributed by atoms with Crippen molar-refractivity contribution in [2.24, 2.45) is 11.8 Å². The van der Waals surface area contributed by atoms with Crippen LogP contribution in [0.1, 0.15) is 24.3 Å². The minimum Gasteiger partial charge on any atom is -0.302 e. The van der Waals surface area contributed by atoms with Gasteiger partial charge in [-0.05, 0) is 36.3 Å². The fourth-order valence-corrected chi connectivity index (χ4v) is 3.65. The fourth-order valence-electron chi connectivity index (χ4n) is 3.65. The zero-order valence-corrected chi connectivity index (χ0v) is 10.2. The molecule has 0 aliphatic carbocycles. The molecule has 88 valence electrons. The Morgan fingerprint density at radius 2 is 2.06 bits per heavy atom. The standard InChI is InChI=1S/C16H19N/c1-2-6-14-11-17-10-9-15(14)16(12-17)13-7-4-3-5-8-13/h1,3-5,7-8,14-16H,6,9-12H2/t14-,15-,16+/m0/s1. The van der Waals surface area contributed by atoms with Crippen molar-refractivity contribution in [1.29, 1.82) is 0 Å². The molecule has 3 aliphatic heterocycles. The summed E-state index contributed by atoms with van der Waals surface area (Å²) < 4.78 is 0. The highest BCUT2D eigenvalue weighted by Gasteiger charge is 2.40. The van der Waals surface area contributed by atoms with E-state index in [0.717, 1.165) is 12.3 Å². The molecular weight excluding hydrogens is 206 g/mol. The van der Waals surface area contributed by atoms with E-state index in [4.69, 9.17) is 6.42 Å². The number of nitrogens with zero attached hydrogens (tertiary/aromatic N) is 1. The third-order valence-electron chi connectivity index (χ3n) is 4.46. The van der Waals surface area contributed by atoms with Crippen molar-refractivity contribution < 1.29 is 0 Å². The second-order valence-corrected chi connectivity index (χ2v) is 5.40. The van der Waals surface area contributed by atoms with E-state index in [1.54, 1.807) is 0 Å². The minimum absolute atomic E-state index is 0.706. The average Bonchev–Trinajstić information content (AvgIpc) is 2.41. The molecule has 0 aromatic heterocycles. The number of fused-ring (bicyclic) bond motifs is 3. The van der Waals surface area contributed by atoms with Gasteiger partial charge in [0.25, 0.3) is 0 Å². The van der Waals surface area contributed by atoms with Gasteiger partial charge in [-0.2, -0.15) is 0 Å². The van der Waals surface area contributed by atoms with E-state index in [-0.39, 0.29) is 0 Å². The number of rotatable bonds is 2. The molecule has 1 nitrogen and oxygen atoms in total. The van der Waals surface area contributed by atoms with Crippen LogP contribution in [0.25, 0.3) is 0 Å². The van der Waals surface area contributed by atoms with Crippen LogP contribution in [-0.4, -0.2) is 24.5 Å². The smallest absolute Gasteiger partial charge is 0.0129 e. The number of hydrogen-bond acceptors (Lipinski definition) is 1. The van der Waals surface area contributed by atoms with E-state index in [2.05, 4.69) is 41.2 Å². The third kappa shape index (κ3) is 1.98. The summed E-state index contributed by atoms with van der Waals surface area (Å²) in [5.74, 6) is 5.09. The molecule has 0 saturated carbocycles. The van der Waals surface area contributed by atoms with Crippen LogP contribution in [0.5, 0.6) is 0 Å². The van der Waals surface area contributed by atoms with Gasteiger partial charge < -0.3 is 4.90 Å². The van der Waals surface area contributed by atoms with Crippen molar-refractivity contribution in [3.63, 3.8) is 0 Å². The van der Waals surface area contributed by atoms with Crippen LogP contribution in [0.4, 0.5) is 0 Å². The Hall–Kier alpha value is -1.26. The maximum Gasteiger partial charge on any atom is 0.0129 e. The summed E-state index contributed by atoms with van der Waals surface area (Å²) in [4.78, 5) is 2.60. The summed E-state index contributed by atoms with van der Waals surface area (Å²) >= 11 is 0. The van der Waals surface area contributed by atoms with E-state index >= 15 is 0 Å². The molecule has 0 spiro atoms. The lowest BCUT2D eigenvalue weighted by molar-refractivity contribution is 0.0322. The highest BCUT2D eigenvalue weighted by atomic mass is 15.2. The molecule has 2 bridgehead atoms. The van der Waals surface area contributed by atoms with Gasteiger partial charge in [0.1, 0.15) is 0 Å². The second kappa shape index (κ2) is 4.55. The quantitative estimate of drug-likeness (QED) is 0.700. The Bertz CT molecular complexity index is 417. The van der Waals surface area contributed by atoms with Crippen LogP contribution in [0, 0.1) is 24.2 Å². The molecule has 0 N–H and O–H groups in total. The van der Waals surface area contributed by atoms with Crippen LogP contribution in [-0.2, 0) is 0 Å². The van der Waals surface area contributed by atoms with E-state index in [1.165, 1.54) is 31.6 Å². The predicted molar refractivity (Wildman–Crippen MR) is 70.7 cm³/mol.